The van der Waals surface area contributed by atoms with Gasteiger partial charge in [0.05, 0.1) is 9.92 Å². The molecule has 2 amide bonds. The highest BCUT2D eigenvalue weighted by Crippen LogP contribution is 2.31. The van der Waals surface area contributed by atoms with Crippen molar-refractivity contribution >= 4 is 74.1 Å². The normalized spacial score (nSPS) is 11.3. The maximum atomic E-state index is 12.2. The molecule has 0 atom stereocenters. The first kappa shape index (κ1) is 25.4. The molecular weight excluding hydrogens is 521 g/mol. The van der Waals surface area contributed by atoms with Crippen LogP contribution < -0.4 is 15.4 Å². The Kier molecular flexibility index (Phi) is 8.11. The molecule has 3 N–H and O–H groups in total. The summed E-state index contributed by atoms with van der Waals surface area (Å²) in [6.45, 7) is 1.10. The van der Waals surface area contributed by atoms with E-state index < -0.39 is 21.8 Å². The molecule has 0 saturated heterocycles. The molecule has 0 radical (unpaired) electrons. The van der Waals surface area contributed by atoms with Crippen LogP contribution in [0.4, 0.5) is 5.69 Å². The average molecular weight is 538 g/mol. The number of thiocarbonyl (C=S) groups is 1. The summed E-state index contributed by atoms with van der Waals surface area (Å²) >= 11 is 17.2. The van der Waals surface area contributed by atoms with Gasteiger partial charge in [-0.25, -0.2) is 13.1 Å². The predicted molar refractivity (Wildman–Crippen MR) is 135 cm³/mol. The molecule has 12 heteroatoms. The lowest BCUT2D eigenvalue weighted by atomic mass is 10.2. The van der Waals surface area contributed by atoms with Crippen molar-refractivity contribution < 1.29 is 22.4 Å². The number of carbonyl (C=O) groups excluding carboxylic acids is 2. The van der Waals surface area contributed by atoms with E-state index in [4.69, 9.17) is 39.8 Å². The summed E-state index contributed by atoms with van der Waals surface area (Å²) in [5.74, 6) is -0.266. The van der Waals surface area contributed by atoms with Gasteiger partial charge in [-0.05, 0) is 72.9 Å². The van der Waals surface area contributed by atoms with Gasteiger partial charge >= 0.3 is 0 Å². The topological polar surface area (TPSA) is 118 Å². The third-order valence-corrected chi connectivity index (χ3v) is 6.36. The average Bonchev–Trinajstić information content (AvgIpc) is 3.20. The lowest BCUT2D eigenvalue weighted by molar-refractivity contribution is -0.117. The Morgan fingerprint density at radius 2 is 1.74 bits per heavy atom. The van der Waals surface area contributed by atoms with Crippen LogP contribution >= 0.6 is 35.4 Å². The molecule has 3 rings (SSSR count). The van der Waals surface area contributed by atoms with Crippen LogP contribution in [0, 0.1) is 0 Å². The summed E-state index contributed by atoms with van der Waals surface area (Å²) in [5.41, 5.74) is 1.10. The van der Waals surface area contributed by atoms with Crippen LogP contribution in [-0.4, -0.2) is 25.3 Å². The van der Waals surface area contributed by atoms with Gasteiger partial charge in [0, 0.05) is 29.3 Å². The monoisotopic (exact) mass is 537 g/mol. The quantitative estimate of drug-likeness (QED) is 0.310. The molecule has 0 spiro atoms. The number of nitrogens with one attached hydrogen (secondary N) is 3. The minimum atomic E-state index is -3.94. The summed E-state index contributed by atoms with van der Waals surface area (Å²) < 4.78 is 31.5. The van der Waals surface area contributed by atoms with E-state index >= 15 is 0 Å². The van der Waals surface area contributed by atoms with Crippen LogP contribution in [-0.2, 0) is 19.6 Å². The summed E-state index contributed by atoms with van der Waals surface area (Å²) in [7, 11) is -3.94. The smallest absolute Gasteiger partial charge is 0.264 e. The number of carbonyl (C=O) groups is 2. The van der Waals surface area contributed by atoms with Gasteiger partial charge in [0.1, 0.15) is 11.5 Å². The van der Waals surface area contributed by atoms with E-state index in [0.717, 1.165) is 6.92 Å². The van der Waals surface area contributed by atoms with Crippen LogP contribution in [0.5, 0.6) is 0 Å². The van der Waals surface area contributed by atoms with Crippen molar-refractivity contribution in [1.29, 1.82) is 0 Å². The molecule has 0 aliphatic carbocycles. The van der Waals surface area contributed by atoms with Gasteiger partial charge < -0.3 is 9.73 Å². The molecule has 1 aromatic heterocycles. The maximum Gasteiger partial charge on any atom is 0.264 e. The number of hydrogen-bond acceptors (Lipinski definition) is 6. The first-order valence-electron chi connectivity index (χ1n) is 9.52. The molecule has 0 fully saturated rings. The Balaban J connectivity index is 1.57. The number of sulfonamides is 1. The highest BCUT2D eigenvalue weighted by Gasteiger charge is 2.15. The molecule has 0 unspecified atom stereocenters. The highest BCUT2D eigenvalue weighted by molar-refractivity contribution is 7.90. The number of halogens is 2. The molecule has 2 aromatic carbocycles. The molecule has 0 bridgehead atoms. The van der Waals surface area contributed by atoms with E-state index in [1.165, 1.54) is 36.4 Å². The lowest BCUT2D eigenvalue weighted by Crippen LogP contribution is -2.32. The molecule has 0 aliphatic rings. The van der Waals surface area contributed by atoms with Gasteiger partial charge in [0.2, 0.25) is 11.8 Å². The number of furan rings is 1. The van der Waals surface area contributed by atoms with E-state index in [1.54, 1.807) is 30.3 Å². The molecule has 0 aliphatic heterocycles. The number of hydrogen-bond donors (Lipinski definition) is 3. The summed E-state index contributed by atoms with van der Waals surface area (Å²) in [4.78, 5) is 23.1. The second-order valence-corrected chi connectivity index (χ2v) is 9.72. The summed E-state index contributed by atoms with van der Waals surface area (Å²) in [6, 6.07) is 13.9. The van der Waals surface area contributed by atoms with Crippen LogP contribution in [0.3, 0.4) is 0 Å². The Morgan fingerprint density at radius 1 is 1.03 bits per heavy atom. The van der Waals surface area contributed by atoms with Crippen LogP contribution in [0.2, 0.25) is 10.0 Å². The standard InChI is InChI=1S/C22H17Cl2N3O5S2/c1-13(28)27-34(30,31)17-7-3-15(4-8-17)25-22(33)26-21(29)11-6-16-5-10-20(32-16)18-9-2-14(23)12-19(18)24/h2-12H,1H3,(H,27,28)(H2,25,26,29,33)/b11-6+. The van der Waals surface area contributed by atoms with Crippen LogP contribution in [0.25, 0.3) is 17.4 Å². The minimum Gasteiger partial charge on any atom is -0.457 e. The SMILES string of the molecule is CC(=O)NS(=O)(=O)c1ccc(NC(=S)NC(=O)/C=C/c2ccc(-c3ccc(Cl)cc3Cl)o2)cc1. The van der Waals surface area contributed by atoms with E-state index in [1.807, 2.05) is 4.72 Å². The van der Waals surface area contributed by atoms with Crippen molar-refractivity contribution in [1.82, 2.24) is 10.0 Å². The molecule has 1 heterocycles. The van der Waals surface area contributed by atoms with Gasteiger partial charge in [-0.15, -0.1) is 0 Å². The minimum absolute atomic E-state index is 0.000183. The Bertz CT molecular complexity index is 1380. The fraction of sp³-hybridized carbons (Fsp3) is 0.0455. The number of benzene rings is 2. The fourth-order valence-electron chi connectivity index (χ4n) is 2.72. The lowest BCUT2D eigenvalue weighted by Gasteiger charge is -2.09. The molecule has 176 valence electrons. The van der Waals surface area contributed by atoms with E-state index in [2.05, 4.69) is 10.6 Å². The van der Waals surface area contributed by atoms with Crippen molar-refractivity contribution in [3.63, 3.8) is 0 Å². The Labute approximate surface area is 211 Å². The molecule has 8 nitrogen and oxygen atoms in total. The third kappa shape index (κ3) is 6.91. The first-order valence-corrected chi connectivity index (χ1v) is 12.2. The van der Waals surface area contributed by atoms with Gasteiger partial charge in [0.25, 0.3) is 10.0 Å². The number of anilines is 1. The van der Waals surface area contributed by atoms with E-state index in [9.17, 15) is 18.0 Å². The van der Waals surface area contributed by atoms with Gasteiger partial charge in [0.15, 0.2) is 5.11 Å². The maximum absolute atomic E-state index is 12.2. The zero-order chi connectivity index (χ0) is 24.9. The summed E-state index contributed by atoms with van der Waals surface area (Å²) in [5, 5.41) is 6.17. The zero-order valence-corrected chi connectivity index (χ0v) is 20.6. The second-order valence-electron chi connectivity index (χ2n) is 6.79. The molecule has 3 aromatic rings. The summed E-state index contributed by atoms with van der Waals surface area (Å²) in [6.07, 6.45) is 2.70. The molecule has 0 saturated carbocycles. The van der Waals surface area contributed by atoms with Crippen molar-refractivity contribution in [2.75, 3.05) is 5.32 Å². The molecular formula is C22H17Cl2N3O5S2. The zero-order valence-electron chi connectivity index (χ0n) is 17.5. The van der Waals surface area contributed by atoms with Crippen LogP contribution in [0.15, 0.2) is 70.0 Å². The largest absolute Gasteiger partial charge is 0.457 e. The van der Waals surface area contributed by atoms with Crippen molar-refractivity contribution in [2.45, 2.75) is 11.8 Å². The number of amides is 2. The Morgan fingerprint density at radius 3 is 2.38 bits per heavy atom. The first-order chi connectivity index (χ1) is 16.0. The van der Waals surface area contributed by atoms with Gasteiger partial charge in [-0.3, -0.25) is 14.9 Å². The van der Waals surface area contributed by atoms with E-state index in [0.29, 0.717) is 32.8 Å². The number of rotatable bonds is 6. The predicted octanol–water partition coefficient (Wildman–Crippen LogP) is 4.60. The molecule has 34 heavy (non-hydrogen) atoms. The highest BCUT2D eigenvalue weighted by atomic mass is 35.5. The van der Waals surface area contributed by atoms with E-state index in [-0.39, 0.29) is 10.0 Å². The van der Waals surface area contributed by atoms with Gasteiger partial charge in [-0.1, -0.05) is 23.2 Å². The van der Waals surface area contributed by atoms with Crippen molar-refractivity contribution in [3.05, 3.63) is 76.5 Å². The van der Waals surface area contributed by atoms with Crippen LogP contribution in [0.1, 0.15) is 12.7 Å². The van der Waals surface area contributed by atoms with Crippen molar-refractivity contribution in [2.24, 2.45) is 0 Å². The van der Waals surface area contributed by atoms with Gasteiger partial charge in [-0.2, -0.15) is 0 Å². The van der Waals surface area contributed by atoms with Crippen molar-refractivity contribution in [3.8, 4) is 11.3 Å². The second kappa shape index (κ2) is 10.8. The third-order valence-electron chi connectivity index (χ3n) is 4.16. The fourth-order valence-corrected chi connectivity index (χ4v) is 4.43. The Hall–Kier alpha value is -3.18.